The molecule has 1 rings (SSSR count). The number of carbonyl (C=O) groups is 1. The number of thioether (sulfide) groups is 1. The molecule has 0 atom stereocenters. The number of rotatable bonds is 4. The van der Waals surface area contributed by atoms with Gasteiger partial charge in [-0.05, 0) is 25.7 Å². The summed E-state index contributed by atoms with van der Waals surface area (Å²) in [6.07, 6.45) is 2.67. The number of hydrogen-bond donors (Lipinski definition) is 0. The molecule has 1 nitrogen and oxygen atoms in total. The lowest BCUT2D eigenvalue weighted by Gasteiger charge is -2.05. The van der Waals surface area contributed by atoms with E-state index in [0.29, 0.717) is 6.42 Å². The molecule has 0 unspecified atom stereocenters. The van der Waals surface area contributed by atoms with Crippen molar-refractivity contribution in [2.75, 3.05) is 12.0 Å². The maximum atomic E-state index is 11.7. The first-order valence-corrected chi connectivity index (χ1v) is 6.14. The van der Waals surface area contributed by atoms with E-state index in [1.807, 2.05) is 32.2 Å². The Kier molecular flexibility index (Phi) is 4.21. The topological polar surface area (TPSA) is 17.1 Å². The van der Waals surface area contributed by atoms with Crippen molar-refractivity contribution in [2.24, 2.45) is 0 Å². The van der Waals surface area contributed by atoms with Gasteiger partial charge in [-0.3, -0.25) is 4.79 Å². The Labute approximate surface area is 89.9 Å². The van der Waals surface area contributed by atoms with E-state index in [1.165, 1.54) is 5.56 Å². The standard InChI is InChI=1S/C12H16OS/c1-9-4-5-11(10(2)8-9)12(13)6-7-14-3/h4-5,8H,6-7H2,1-3H3. The molecule has 0 saturated heterocycles. The highest BCUT2D eigenvalue weighted by atomic mass is 32.2. The van der Waals surface area contributed by atoms with Crippen molar-refractivity contribution in [3.05, 3.63) is 34.9 Å². The molecule has 0 aliphatic rings. The van der Waals surface area contributed by atoms with Crippen LogP contribution in [0.5, 0.6) is 0 Å². The first-order valence-electron chi connectivity index (χ1n) is 4.74. The van der Waals surface area contributed by atoms with Gasteiger partial charge in [0, 0.05) is 17.7 Å². The summed E-state index contributed by atoms with van der Waals surface area (Å²) < 4.78 is 0. The number of aryl methyl sites for hydroxylation is 2. The molecule has 0 saturated carbocycles. The van der Waals surface area contributed by atoms with Crippen LogP contribution in [0.25, 0.3) is 0 Å². The predicted molar refractivity (Wildman–Crippen MR) is 63.2 cm³/mol. The Bertz CT molecular complexity index is 331. The van der Waals surface area contributed by atoms with Gasteiger partial charge >= 0.3 is 0 Å². The minimum absolute atomic E-state index is 0.261. The van der Waals surface area contributed by atoms with Crippen LogP contribution in [-0.2, 0) is 0 Å². The molecule has 0 aliphatic carbocycles. The van der Waals surface area contributed by atoms with E-state index in [2.05, 4.69) is 6.07 Å². The number of ketones is 1. The van der Waals surface area contributed by atoms with Crippen LogP contribution >= 0.6 is 11.8 Å². The zero-order valence-electron chi connectivity index (χ0n) is 8.96. The third-order valence-corrected chi connectivity index (χ3v) is 2.83. The van der Waals surface area contributed by atoms with E-state index in [4.69, 9.17) is 0 Å². The van der Waals surface area contributed by atoms with E-state index in [1.54, 1.807) is 11.8 Å². The molecular formula is C12H16OS. The highest BCUT2D eigenvalue weighted by Gasteiger charge is 2.07. The van der Waals surface area contributed by atoms with Gasteiger partial charge in [-0.15, -0.1) is 0 Å². The van der Waals surface area contributed by atoms with Crippen molar-refractivity contribution < 1.29 is 4.79 Å². The van der Waals surface area contributed by atoms with Gasteiger partial charge < -0.3 is 0 Å². The second kappa shape index (κ2) is 5.20. The monoisotopic (exact) mass is 208 g/mol. The fraction of sp³-hybridized carbons (Fsp3) is 0.417. The molecule has 0 aromatic heterocycles. The van der Waals surface area contributed by atoms with Crippen LogP contribution in [0.4, 0.5) is 0 Å². The van der Waals surface area contributed by atoms with Crippen LogP contribution in [-0.4, -0.2) is 17.8 Å². The number of hydrogen-bond acceptors (Lipinski definition) is 2. The molecule has 14 heavy (non-hydrogen) atoms. The summed E-state index contributed by atoms with van der Waals surface area (Å²) in [6.45, 7) is 4.04. The maximum Gasteiger partial charge on any atom is 0.163 e. The van der Waals surface area contributed by atoms with Crippen molar-refractivity contribution in [1.29, 1.82) is 0 Å². The van der Waals surface area contributed by atoms with Crippen molar-refractivity contribution in [1.82, 2.24) is 0 Å². The predicted octanol–water partition coefficient (Wildman–Crippen LogP) is 3.24. The van der Waals surface area contributed by atoms with E-state index in [-0.39, 0.29) is 5.78 Å². The molecule has 0 spiro atoms. The van der Waals surface area contributed by atoms with Gasteiger partial charge in [0.15, 0.2) is 5.78 Å². The number of benzene rings is 1. The Morgan fingerprint density at radius 2 is 2.07 bits per heavy atom. The lowest BCUT2D eigenvalue weighted by atomic mass is 10.0. The molecular weight excluding hydrogens is 192 g/mol. The largest absolute Gasteiger partial charge is 0.294 e. The third kappa shape index (κ3) is 2.88. The van der Waals surface area contributed by atoms with Gasteiger partial charge in [0.25, 0.3) is 0 Å². The third-order valence-electron chi connectivity index (χ3n) is 2.22. The zero-order valence-corrected chi connectivity index (χ0v) is 9.78. The highest BCUT2D eigenvalue weighted by Crippen LogP contribution is 2.13. The smallest absolute Gasteiger partial charge is 0.163 e. The average Bonchev–Trinajstić information content (AvgIpc) is 2.14. The quantitative estimate of drug-likeness (QED) is 0.707. The van der Waals surface area contributed by atoms with E-state index >= 15 is 0 Å². The zero-order chi connectivity index (χ0) is 10.6. The van der Waals surface area contributed by atoms with E-state index in [9.17, 15) is 4.79 Å². The van der Waals surface area contributed by atoms with Gasteiger partial charge in [-0.2, -0.15) is 11.8 Å². The van der Waals surface area contributed by atoms with Crippen LogP contribution in [0, 0.1) is 13.8 Å². The van der Waals surface area contributed by atoms with Gasteiger partial charge in [0.05, 0.1) is 0 Å². The summed E-state index contributed by atoms with van der Waals surface area (Å²) in [5, 5.41) is 0. The fourth-order valence-electron chi connectivity index (χ4n) is 1.46. The maximum absolute atomic E-state index is 11.7. The molecule has 76 valence electrons. The summed E-state index contributed by atoms with van der Waals surface area (Å²) in [6, 6.07) is 6.00. The fourth-order valence-corrected chi connectivity index (χ4v) is 1.85. The second-order valence-corrected chi connectivity index (χ2v) is 4.47. The molecule has 0 aliphatic heterocycles. The molecule has 1 aromatic rings. The van der Waals surface area contributed by atoms with Gasteiger partial charge in [0.1, 0.15) is 0 Å². The molecule has 0 amide bonds. The van der Waals surface area contributed by atoms with Crippen molar-refractivity contribution >= 4 is 17.5 Å². The molecule has 0 radical (unpaired) electrons. The second-order valence-electron chi connectivity index (χ2n) is 3.48. The van der Waals surface area contributed by atoms with Gasteiger partial charge in [0.2, 0.25) is 0 Å². The minimum Gasteiger partial charge on any atom is -0.294 e. The summed E-state index contributed by atoms with van der Waals surface area (Å²) in [7, 11) is 0. The minimum atomic E-state index is 0.261. The Morgan fingerprint density at radius 1 is 1.36 bits per heavy atom. The summed E-state index contributed by atoms with van der Waals surface area (Å²) >= 11 is 1.71. The van der Waals surface area contributed by atoms with Crippen molar-refractivity contribution in [3.63, 3.8) is 0 Å². The highest BCUT2D eigenvalue weighted by molar-refractivity contribution is 7.98. The first kappa shape index (κ1) is 11.3. The molecule has 0 heterocycles. The van der Waals surface area contributed by atoms with Crippen LogP contribution in [0.15, 0.2) is 18.2 Å². The van der Waals surface area contributed by atoms with E-state index < -0.39 is 0 Å². The Balaban J connectivity index is 2.80. The number of Topliss-reactive ketones (excluding diaryl/α,β-unsaturated/α-hetero) is 1. The summed E-state index contributed by atoms with van der Waals surface area (Å²) in [4.78, 5) is 11.7. The lowest BCUT2D eigenvalue weighted by Crippen LogP contribution is -2.03. The normalized spacial score (nSPS) is 10.2. The molecule has 0 bridgehead atoms. The molecule has 1 aromatic carbocycles. The van der Waals surface area contributed by atoms with Crippen LogP contribution in [0.3, 0.4) is 0 Å². The van der Waals surface area contributed by atoms with Crippen LogP contribution in [0.2, 0.25) is 0 Å². The molecule has 2 heteroatoms. The van der Waals surface area contributed by atoms with Crippen LogP contribution < -0.4 is 0 Å². The van der Waals surface area contributed by atoms with Crippen molar-refractivity contribution in [2.45, 2.75) is 20.3 Å². The Morgan fingerprint density at radius 3 is 2.64 bits per heavy atom. The average molecular weight is 208 g/mol. The first-order chi connectivity index (χ1) is 6.65. The lowest BCUT2D eigenvalue weighted by molar-refractivity contribution is 0.0989. The summed E-state index contributed by atoms with van der Waals surface area (Å²) in [5.41, 5.74) is 3.18. The molecule has 0 fully saturated rings. The van der Waals surface area contributed by atoms with Gasteiger partial charge in [-0.25, -0.2) is 0 Å². The SMILES string of the molecule is CSCCC(=O)c1ccc(C)cc1C. The molecule has 0 N–H and O–H groups in total. The van der Waals surface area contributed by atoms with Gasteiger partial charge in [-0.1, -0.05) is 23.8 Å². The summed E-state index contributed by atoms with van der Waals surface area (Å²) in [5.74, 6) is 1.17. The van der Waals surface area contributed by atoms with E-state index in [0.717, 1.165) is 16.9 Å². The Hall–Kier alpha value is -0.760. The van der Waals surface area contributed by atoms with Crippen molar-refractivity contribution in [3.8, 4) is 0 Å². The number of carbonyl (C=O) groups excluding carboxylic acids is 1. The van der Waals surface area contributed by atoms with Crippen LogP contribution in [0.1, 0.15) is 27.9 Å².